The molecule has 0 saturated carbocycles. The summed E-state index contributed by atoms with van der Waals surface area (Å²) < 4.78 is 12.2. The van der Waals surface area contributed by atoms with Crippen molar-refractivity contribution in [2.24, 2.45) is 0 Å². The third-order valence-corrected chi connectivity index (χ3v) is 6.21. The Bertz CT molecular complexity index is 692. The fourth-order valence-corrected chi connectivity index (χ4v) is 3.85. The Morgan fingerprint density at radius 1 is 1.21 bits per heavy atom. The maximum Gasteiger partial charge on any atom is 0.498 e. The van der Waals surface area contributed by atoms with Crippen LogP contribution in [-0.2, 0) is 14.1 Å². The number of amides is 1. The first kappa shape index (κ1) is 21.1. The highest BCUT2D eigenvalue weighted by Crippen LogP contribution is 2.36. The molecule has 0 spiro atoms. The zero-order chi connectivity index (χ0) is 20.7. The van der Waals surface area contributed by atoms with Crippen LogP contribution in [0.25, 0.3) is 0 Å². The summed E-state index contributed by atoms with van der Waals surface area (Å²) >= 11 is 0. The number of hydrogen-bond donors (Lipinski definition) is 0. The number of carbonyl (C=O) groups excluding carboxylic acids is 1. The van der Waals surface area contributed by atoms with Gasteiger partial charge in [-0.3, -0.25) is 4.79 Å². The molecule has 0 aliphatic carbocycles. The van der Waals surface area contributed by atoms with Gasteiger partial charge in [0.15, 0.2) is 0 Å². The van der Waals surface area contributed by atoms with E-state index in [9.17, 15) is 4.79 Å². The molecule has 7 nitrogen and oxygen atoms in total. The molecule has 0 unspecified atom stereocenters. The third kappa shape index (κ3) is 4.03. The highest BCUT2D eigenvalue weighted by molar-refractivity contribution is 6.61. The molecule has 0 aromatic carbocycles. The number of anilines is 1. The van der Waals surface area contributed by atoms with E-state index in [0.29, 0.717) is 5.95 Å². The Labute approximate surface area is 168 Å². The molecule has 0 N–H and O–H groups in total. The first-order valence-electron chi connectivity index (χ1n) is 10.2. The molecule has 1 amide bonds. The third-order valence-electron chi connectivity index (χ3n) is 6.21. The van der Waals surface area contributed by atoms with E-state index < -0.39 is 18.3 Å². The molecule has 8 heteroatoms. The summed E-state index contributed by atoms with van der Waals surface area (Å²) in [6.07, 6.45) is 5.63. The summed E-state index contributed by atoms with van der Waals surface area (Å²) in [7, 11) is -0.463. The van der Waals surface area contributed by atoms with Crippen molar-refractivity contribution in [3.63, 3.8) is 0 Å². The average molecular weight is 388 g/mol. The van der Waals surface area contributed by atoms with Crippen molar-refractivity contribution < 1.29 is 14.1 Å². The van der Waals surface area contributed by atoms with Crippen LogP contribution < -0.4 is 10.4 Å². The maximum absolute atomic E-state index is 11.8. The van der Waals surface area contributed by atoms with Gasteiger partial charge in [0.1, 0.15) is 0 Å². The van der Waals surface area contributed by atoms with Gasteiger partial charge in [-0.2, -0.15) is 0 Å². The fourth-order valence-electron chi connectivity index (χ4n) is 3.85. The molecule has 0 bridgehead atoms. The Morgan fingerprint density at radius 3 is 2.29 bits per heavy atom. The Kier molecular flexibility index (Phi) is 5.74. The zero-order valence-electron chi connectivity index (χ0n) is 18.2. The quantitative estimate of drug-likeness (QED) is 0.735. The summed E-state index contributed by atoms with van der Waals surface area (Å²) in [4.78, 5) is 25.2. The van der Waals surface area contributed by atoms with Gasteiger partial charge >= 0.3 is 7.12 Å². The molecule has 3 heterocycles. The minimum absolute atomic E-state index is 0.130. The van der Waals surface area contributed by atoms with Crippen molar-refractivity contribution in [1.29, 1.82) is 0 Å². The molecule has 2 saturated heterocycles. The molecule has 28 heavy (non-hydrogen) atoms. The van der Waals surface area contributed by atoms with Crippen molar-refractivity contribution >= 4 is 24.4 Å². The Balaban J connectivity index is 1.78. The molecular formula is C20H33BN4O3. The van der Waals surface area contributed by atoms with Crippen LogP contribution in [0.5, 0.6) is 0 Å². The van der Waals surface area contributed by atoms with Crippen molar-refractivity contribution in [3.05, 3.63) is 12.4 Å². The number of carbonyl (C=O) groups is 1. The lowest BCUT2D eigenvalue weighted by Crippen LogP contribution is -2.52. The van der Waals surface area contributed by atoms with Crippen LogP contribution in [0.4, 0.5) is 5.95 Å². The highest BCUT2D eigenvalue weighted by atomic mass is 16.7. The van der Waals surface area contributed by atoms with Crippen LogP contribution >= 0.6 is 0 Å². The number of piperidine rings is 1. The number of likely N-dealkylation sites (tertiary alicyclic amines) is 1. The first-order chi connectivity index (χ1) is 13.0. The highest BCUT2D eigenvalue weighted by Gasteiger charge is 2.52. The minimum atomic E-state index is -0.463. The van der Waals surface area contributed by atoms with Crippen molar-refractivity contribution in [2.45, 2.75) is 84.6 Å². The standard InChI is InChI=1S/C20H33BN4O3/c1-14(2)25(17-9-8-10-24(13-17)15(3)26)18-22-11-16(12-23-18)21-27-19(4,5)20(6,7)28-21/h11-12,14,17H,8-10,13H2,1-7H3/t17-/m1/s1. The van der Waals surface area contributed by atoms with Gasteiger partial charge in [0.25, 0.3) is 0 Å². The maximum atomic E-state index is 11.8. The fraction of sp³-hybridized carbons (Fsp3) is 0.750. The average Bonchev–Trinajstić information content (AvgIpc) is 2.83. The summed E-state index contributed by atoms with van der Waals surface area (Å²) in [5.74, 6) is 0.816. The smallest absolute Gasteiger partial charge is 0.399 e. The van der Waals surface area contributed by atoms with Crippen LogP contribution in [-0.4, -0.2) is 64.3 Å². The van der Waals surface area contributed by atoms with Gasteiger partial charge in [-0.15, -0.1) is 0 Å². The van der Waals surface area contributed by atoms with E-state index in [1.54, 1.807) is 19.3 Å². The van der Waals surface area contributed by atoms with E-state index in [4.69, 9.17) is 9.31 Å². The van der Waals surface area contributed by atoms with Crippen molar-refractivity contribution in [2.75, 3.05) is 18.0 Å². The monoisotopic (exact) mass is 388 g/mol. The van der Waals surface area contributed by atoms with Gasteiger partial charge in [-0.25, -0.2) is 9.97 Å². The lowest BCUT2D eigenvalue weighted by atomic mass is 9.81. The number of hydrogen-bond acceptors (Lipinski definition) is 6. The van der Waals surface area contributed by atoms with Gasteiger partial charge < -0.3 is 19.1 Å². The lowest BCUT2D eigenvalue weighted by molar-refractivity contribution is -0.130. The molecule has 0 radical (unpaired) electrons. The van der Waals surface area contributed by atoms with Crippen LogP contribution in [0.15, 0.2) is 12.4 Å². The summed E-state index contributed by atoms with van der Waals surface area (Å²) in [5.41, 5.74) is 0.0389. The second-order valence-corrected chi connectivity index (χ2v) is 9.17. The Hall–Kier alpha value is -1.67. The van der Waals surface area contributed by atoms with Crippen LogP contribution in [0.3, 0.4) is 0 Å². The van der Waals surface area contributed by atoms with Crippen molar-refractivity contribution in [3.8, 4) is 0 Å². The van der Waals surface area contributed by atoms with Gasteiger partial charge in [0.05, 0.1) is 11.2 Å². The number of aromatic nitrogens is 2. The largest absolute Gasteiger partial charge is 0.498 e. The molecule has 154 valence electrons. The van der Waals surface area contributed by atoms with E-state index in [0.717, 1.165) is 31.4 Å². The van der Waals surface area contributed by atoms with Crippen molar-refractivity contribution in [1.82, 2.24) is 14.9 Å². The number of rotatable bonds is 4. The second-order valence-electron chi connectivity index (χ2n) is 9.17. The number of nitrogens with zero attached hydrogens (tertiary/aromatic N) is 4. The van der Waals surface area contributed by atoms with E-state index in [1.807, 2.05) is 32.6 Å². The summed E-state index contributed by atoms with van der Waals surface area (Å²) in [6.45, 7) is 15.6. The first-order valence-corrected chi connectivity index (χ1v) is 10.2. The molecule has 2 aliphatic heterocycles. The van der Waals surface area contributed by atoms with E-state index in [2.05, 4.69) is 28.7 Å². The molecule has 1 atom stereocenters. The van der Waals surface area contributed by atoms with Gasteiger partial charge in [-0.05, 0) is 54.4 Å². The zero-order valence-corrected chi connectivity index (χ0v) is 18.2. The molecule has 1 aromatic heterocycles. The topological polar surface area (TPSA) is 67.8 Å². The van der Waals surface area contributed by atoms with Gasteiger partial charge in [0, 0.05) is 50.0 Å². The van der Waals surface area contributed by atoms with Crippen LogP contribution in [0.1, 0.15) is 61.3 Å². The minimum Gasteiger partial charge on any atom is -0.399 e. The van der Waals surface area contributed by atoms with Gasteiger partial charge in [0.2, 0.25) is 11.9 Å². The molecular weight excluding hydrogens is 355 g/mol. The Morgan fingerprint density at radius 2 is 1.79 bits per heavy atom. The van der Waals surface area contributed by atoms with E-state index in [1.165, 1.54) is 0 Å². The molecule has 1 aromatic rings. The molecule has 2 aliphatic rings. The predicted octanol–water partition coefficient (Wildman–Crippen LogP) is 2.00. The predicted molar refractivity (Wildman–Crippen MR) is 111 cm³/mol. The van der Waals surface area contributed by atoms with Crippen LogP contribution in [0, 0.1) is 0 Å². The lowest BCUT2D eigenvalue weighted by Gasteiger charge is -2.41. The van der Waals surface area contributed by atoms with E-state index in [-0.39, 0.29) is 18.0 Å². The normalized spacial score (nSPS) is 23.9. The summed E-state index contributed by atoms with van der Waals surface area (Å²) in [5, 5.41) is 0. The molecule has 3 rings (SSSR count). The van der Waals surface area contributed by atoms with Gasteiger partial charge in [-0.1, -0.05) is 0 Å². The summed E-state index contributed by atoms with van der Waals surface area (Å²) in [6, 6.07) is 0.458. The van der Waals surface area contributed by atoms with E-state index >= 15 is 0 Å². The van der Waals surface area contributed by atoms with Crippen LogP contribution in [0.2, 0.25) is 0 Å². The SMILES string of the molecule is CC(=O)N1CCC[C@@H](N(c2ncc(B3OC(C)(C)C(C)(C)O3)cn2)C(C)C)C1. The molecule has 2 fully saturated rings. The second kappa shape index (κ2) is 7.63.